The molecule has 2 amide bonds. The highest BCUT2D eigenvalue weighted by Gasteiger charge is 2.53. The van der Waals surface area contributed by atoms with Crippen molar-refractivity contribution < 1.29 is 23.8 Å². The SMILES string of the molecule is COc1ccc(C(=O)N2CCCC23CCCN(C2CCC(O)CC2)C3=O)cc1F. The van der Waals surface area contributed by atoms with Crippen molar-refractivity contribution >= 4 is 11.8 Å². The normalized spacial score (nSPS) is 30.1. The lowest BCUT2D eigenvalue weighted by molar-refractivity contribution is -0.149. The Kier molecular flexibility index (Phi) is 5.51. The average Bonchev–Trinajstić information content (AvgIpc) is 3.14. The van der Waals surface area contributed by atoms with Crippen LogP contribution in [0, 0.1) is 5.82 Å². The van der Waals surface area contributed by atoms with Crippen molar-refractivity contribution in [1.29, 1.82) is 0 Å². The van der Waals surface area contributed by atoms with Gasteiger partial charge in [0.15, 0.2) is 11.6 Å². The maximum absolute atomic E-state index is 14.2. The number of nitrogens with zero attached hydrogens (tertiary/aromatic N) is 2. The van der Waals surface area contributed by atoms with Gasteiger partial charge in [-0.05, 0) is 69.6 Å². The number of likely N-dealkylation sites (tertiary alicyclic amines) is 2. The predicted molar refractivity (Wildman–Crippen MR) is 105 cm³/mol. The van der Waals surface area contributed by atoms with E-state index in [0.717, 1.165) is 38.5 Å². The minimum Gasteiger partial charge on any atom is -0.494 e. The van der Waals surface area contributed by atoms with Crippen LogP contribution in [0.4, 0.5) is 4.39 Å². The summed E-state index contributed by atoms with van der Waals surface area (Å²) in [5, 5.41) is 9.80. The number of aliphatic hydroxyl groups is 1. The summed E-state index contributed by atoms with van der Waals surface area (Å²) in [6, 6.07) is 4.34. The summed E-state index contributed by atoms with van der Waals surface area (Å²) in [7, 11) is 1.38. The molecule has 7 heteroatoms. The van der Waals surface area contributed by atoms with Gasteiger partial charge in [0, 0.05) is 24.7 Å². The largest absolute Gasteiger partial charge is 0.494 e. The van der Waals surface area contributed by atoms with E-state index in [-0.39, 0.29) is 35.3 Å². The molecule has 1 saturated carbocycles. The summed E-state index contributed by atoms with van der Waals surface area (Å²) in [6.07, 6.45) is 5.71. The summed E-state index contributed by atoms with van der Waals surface area (Å²) in [5.41, 5.74) is -0.572. The molecule has 0 aromatic heterocycles. The molecule has 4 rings (SSSR count). The van der Waals surface area contributed by atoms with Crippen LogP contribution in [0.25, 0.3) is 0 Å². The molecule has 3 fully saturated rings. The molecule has 1 aromatic carbocycles. The molecule has 2 saturated heterocycles. The number of halogens is 1. The molecule has 1 N–H and O–H groups in total. The Bertz CT molecular complexity index is 793. The van der Waals surface area contributed by atoms with E-state index in [1.807, 2.05) is 4.90 Å². The quantitative estimate of drug-likeness (QED) is 0.841. The van der Waals surface area contributed by atoms with Crippen LogP contribution in [-0.2, 0) is 4.79 Å². The first-order valence-electron chi connectivity index (χ1n) is 10.6. The lowest BCUT2D eigenvalue weighted by Crippen LogP contribution is -2.63. The summed E-state index contributed by atoms with van der Waals surface area (Å²) in [4.78, 5) is 30.5. The molecule has 0 bridgehead atoms. The van der Waals surface area contributed by atoms with Gasteiger partial charge in [-0.2, -0.15) is 0 Å². The molecule has 1 unspecified atom stereocenters. The molecular formula is C22H29FN2O4. The van der Waals surface area contributed by atoms with Gasteiger partial charge in [0.25, 0.3) is 5.91 Å². The highest BCUT2D eigenvalue weighted by atomic mass is 19.1. The topological polar surface area (TPSA) is 70.1 Å². The molecule has 1 spiro atoms. The third-order valence-corrected chi connectivity index (χ3v) is 6.89. The first-order valence-corrected chi connectivity index (χ1v) is 10.6. The minimum atomic E-state index is -0.818. The maximum atomic E-state index is 14.2. The van der Waals surface area contributed by atoms with Crippen molar-refractivity contribution in [2.24, 2.45) is 0 Å². The average molecular weight is 404 g/mol. The minimum absolute atomic E-state index is 0.0324. The van der Waals surface area contributed by atoms with Gasteiger partial charge in [-0.25, -0.2) is 4.39 Å². The van der Waals surface area contributed by atoms with Crippen molar-refractivity contribution in [2.75, 3.05) is 20.2 Å². The van der Waals surface area contributed by atoms with Gasteiger partial charge < -0.3 is 19.6 Å². The molecule has 158 valence electrons. The second-order valence-electron chi connectivity index (χ2n) is 8.51. The van der Waals surface area contributed by atoms with Crippen molar-refractivity contribution in [1.82, 2.24) is 9.80 Å². The molecule has 29 heavy (non-hydrogen) atoms. The van der Waals surface area contributed by atoms with E-state index < -0.39 is 11.4 Å². The van der Waals surface area contributed by atoms with E-state index in [4.69, 9.17) is 4.74 Å². The molecule has 2 aliphatic heterocycles. The smallest absolute Gasteiger partial charge is 0.254 e. The molecular weight excluding hydrogens is 375 g/mol. The van der Waals surface area contributed by atoms with Crippen LogP contribution in [0.2, 0.25) is 0 Å². The lowest BCUT2D eigenvalue weighted by Gasteiger charge is -2.48. The third-order valence-electron chi connectivity index (χ3n) is 6.89. The van der Waals surface area contributed by atoms with Crippen LogP contribution in [0.1, 0.15) is 61.7 Å². The van der Waals surface area contributed by atoms with Crippen LogP contribution in [0.15, 0.2) is 18.2 Å². The van der Waals surface area contributed by atoms with Gasteiger partial charge in [0.2, 0.25) is 5.91 Å². The van der Waals surface area contributed by atoms with E-state index >= 15 is 0 Å². The Morgan fingerprint density at radius 1 is 1.17 bits per heavy atom. The number of aliphatic hydroxyl groups excluding tert-OH is 1. The van der Waals surface area contributed by atoms with Gasteiger partial charge >= 0.3 is 0 Å². The first kappa shape index (κ1) is 20.1. The number of rotatable bonds is 3. The Labute approximate surface area is 170 Å². The van der Waals surface area contributed by atoms with E-state index in [2.05, 4.69) is 0 Å². The zero-order chi connectivity index (χ0) is 20.6. The van der Waals surface area contributed by atoms with Gasteiger partial charge in [-0.3, -0.25) is 9.59 Å². The van der Waals surface area contributed by atoms with E-state index in [1.165, 1.54) is 19.2 Å². The van der Waals surface area contributed by atoms with Gasteiger partial charge in [-0.1, -0.05) is 0 Å². The Morgan fingerprint density at radius 3 is 2.52 bits per heavy atom. The number of amides is 2. The second kappa shape index (κ2) is 7.94. The number of carbonyl (C=O) groups is 2. The zero-order valence-corrected chi connectivity index (χ0v) is 16.9. The molecule has 1 atom stereocenters. The molecule has 2 heterocycles. The maximum Gasteiger partial charge on any atom is 0.254 e. The number of hydrogen-bond acceptors (Lipinski definition) is 4. The Hall–Kier alpha value is -2.15. The standard InChI is InChI=1S/C22H29FN2O4/c1-29-19-9-4-15(14-18(19)23)20(27)25-13-3-11-22(25)10-2-12-24(21(22)28)16-5-7-17(26)8-6-16/h4,9,14,16-17,26H,2-3,5-8,10-13H2,1H3. The summed E-state index contributed by atoms with van der Waals surface area (Å²) in [5.74, 6) is -0.746. The fourth-order valence-corrected chi connectivity index (χ4v) is 5.35. The van der Waals surface area contributed by atoms with Gasteiger partial charge in [0.05, 0.1) is 13.2 Å². The summed E-state index contributed by atoms with van der Waals surface area (Å²) in [6.45, 7) is 1.22. The van der Waals surface area contributed by atoms with Crippen LogP contribution in [-0.4, -0.2) is 64.6 Å². The van der Waals surface area contributed by atoms with E-state index in [9.17, 15) is 19.1 Å². The lowest BCUT2D eigenvalue weighted by atomic mass is 9.82. The number of methoxy groups -OCH3 is 1. The summed E-state index contributed by atoms with van der Waals surface area (Å²) >= 11 is 0. The van der Waals surface area contributed by atoms with Crippen LogP contribution < -0.4 is 4.74 Å². The van der Waals surface area contributed by atoms with Crippen molar-refractivity contribution in [3.8, 4) is 5.75 Å². The number of ether oxygens (including phenoxy) is 1. The highest BCUT2D eigenvalue weighted by Crippen LogP contribution is 2.41. The molecule has 1 aromatic rings. The molecule has 0 radical (unpaired) electrons. The van der Waals surface area contributed by atoms with Gasteiger partial charge in [0.1, 0.15) is 5.54 Å². The fraction of sp³-hybridized carbons (Fsp3) is 0.636. The van der Waals surface area contributed by atoms with Crippen LogP contribution in [0.3, 0.4) is 0 Å². The number of hydrogen-bond donors (Lipinski definition) is 1. The van der Waals surface area contributed by atoms with E-state index in [1.54, 1.807) is 11.0 Å². The van der Waals surface area contributed by atoms with Gasteiger partial charge in [-0.15, -0.1) is 0 Å². The summed E-state index contributed by atoms with van der Waals surface area (Å²) < 4.78 is 19.1. The van der Waals surface area contributed by atoms with Crippen molar-refractivity contribution in [3.63, 3.8) is 0 Å². The molecule has 6 nitrogen and oxygen atoms in total. The number of benzene rings is 1. The van der Waals surface area contributed by atoms with Crippen LogP contribution in [0.5, 0.6) is 5.75 Å². The molecule has 3 aliphatic rings. The second-order valence-corrected chi connectivity index (χ2v) is 8.51. The van der Waals surface area contributed by atoms with E-state index in [0.29, 0.717) is 25.9 Å². The fourth-order valence-electron chi connectivity index (χ4n) is 5.35. The first-order chi connectivity index (χ1) is 14.0. The monoisotopic (exact) mass is 404 g/mol. The number of carbonyl (C=O) groups excluding carboxylic acids is 2. The van der Waals surface area contributed by atoms with Crippen molar-refractivity contribution in [3.05, 3.63) is 29.6 Å². The number of piperidine rings is 1. The highest BCUT2D eigenvalue weighted by molar-refractivity contribution is 6.00. The predicted octanol–water partition coefficient (Wildman–Crippen LogP) is 2.74. The Morgan fingerprint density at radius 2 is 1.86 bits per heavy atom. The molecule has 1 aliphatic carbocycles. The zero-order valence-electron chi connectivity index (χ0n) is 16.9. The third kappa shape index (κ3) is 3.50. The van der Waals surface area contributed by atoms with Crippen LogP contribution >= 0.6 is 0 Å². The van der Waals surface area contributed by atoms with Crippen molar-refractivity contribution in [2.45, 2.75) is 69.1 Å². The Balaban J connectivity index is 1.58.